The van der Waals surface area contributed by atoms with Gasteiger partial charge in [0.25, 0.3) is 0 Å². The normalized spacial score (nSPS) is 16.7. The Hall–Kier alpha value is -2.37. The minimum absolute atomic E-state index is 0.00482. The molecule has 1 unspecified atom stereocenters. The van der Waals surface area contributed by atoms with Crippen molar-refractivity contribution in [3.05, 3.63) is 47.8 Å². The number of rotatable bonds is 5. The van der Waals surface area contributed by atoms with Gasteiger partial charge in [0.1, 0.15) is 5.82 Å². The lowest BCUT2D eigenvalue weighted by molar-refractivity contribution is -0.122. The molecule has 0 aliphatic carbocycles. The highest BCUT2D eigenvalue weighted by Crippen LogP contribution is 2.18. The summed E-state index contributed by atoms with van der Waals surface area (Å²) in [6, 6.07) is 4.93. The Kier molecular flexibility index (Phi) is 4.60. The van der Waals surface area contributed by atoms with Crippen LogP contribution in [0.5, 0.6) is 5.75 Å². The molecular weight excluding hydrogens is 297 g/mol. The first kappa shape index (κ1) is 15.5. The van der Waals surface area contributed by atoms with Crippen molar-refractivity contribution in [3.8, 4) is 5.75 Å². The maximum Gasteiger partial charge on any atom is 0.220 e. The molecule has 23 heavy (non-hydrogen) atoms. The number of aromatic nitrogens is 2. The van der Waals surface area contributed by atoms with Crippen molar-refractivity contribution < 1.29 is 13.9 Å². The summed E-state index contributed by atoms with van der Waals surface area (Å²) in [5.74, 6) is 0.890. The smallest absolute Gasteiger partial charge is 0.220 e. The molecule has 1 amide bonds. The largest absolute Gasteiger partial charge is 0.494 e. The van der Waals surface area contributed by atoms with Crippen LogP contribution in [-0.4, -0.2) is 28.6 Å². The number of ether oxygens (including phenoxy) is 1. The van der Waals surface area contributed by atoms with Crippen molar-refractivity contribution >= 4 is 5.91 Å². The average Bonchev–Trinajstić information content (AvgIpc) is 3.01. The molecule has 0 saturated carbocycles. The van der Waals surface area contributed by atoms with Gasteiger partial charge in [-0.05, 0) is 30.5 Å². The van der Waals surface area contributed by atoms with Crippen LogP contribution < -0.4 is 10.1 Å². The summed E-state index contributed by atoms with van der Waals surface area (Å²) >= 11 is 0. The molecule has 1 atom stereocenters. The minimum Gasteiger partial charge on any atom is -0.494 e. The fraction of sp³-hybridized carbons (Fsp3) is 0.412. The molecule has 0 radical (unpaired) electrons. The summed E-state index contributed by atoms with van der Waals surface area (Å²) in [4.78, 5) is 16.4. The van der Waals surface area contributed by atoms with Crippen LogP contribution in [0.4, 0.5) is 4.39 Å². The SMILES string of the molecule is COc1ccc(CCC(=O)NC2CCc3nccn3C2)cc1F. The maximum absolute atomic E-state index is 13.6. The third-order valence-electron chi connectivity index (χ3n) is 4.16. The number of hydrogen-bond donors (Lipinski definition) is 1. The van der Waals surface area contributed by atoms with Crippen molar-refractivity contribution in [2.75, 3.05) is 7.11 Å². The van der Waals surface area contributed by atoms with Crippen LogP contribution in [-0.2, 0) is 24.2 Å². The molecule has 6 heteroatoms. The molecule has 122 valence electrons. The van der Waals surface area contributed by atoms with E-state index < -0.39 is 5.82 Å². The van der Waals surface area contributed by atoms with Crippen LogP contribution >= 0.6 is 0 Å². The molecule has 2 heterocycles. The van der Waals surface area contributed by atoms with E-state index >= 15 is 0 Å². The summed E-state index contributed by atoms with van der Waals surface area (Å²) in [5.41, 5.74) is 0.791. The second-order valence-corrected chi connectivity index (χ2v) is 5.77. The molecule has 1 aliphatic rings. The van der Waals surface area contributed by atoms with Crippen molar-refractivity contribution in [1.82, 2.24) is 14.9 Å². The van der Waals surface area contributed by atoms with Crippen LogP contribution in [0.2, 0.25) is 0 Å². The van der Waals surface area contributed by atoms with Crippen LogP contribution in [0, 0.1) is 5.82 Å². The van der Waals surface area contributed by atoms with Crippen LogP contribution in [0.25, 0.3) is 0 Å². The molecular formula is C17H20FN3O2. The lowest BCUT2D eigenvalue weighted by atomic mass is 10.1. The topological polar surface area (TPSA) is 56.1 Å². The van der Waals surface area contributed by atoms with Crippen molar-refractivity contribution in [2.24, 2.45) is 0 Å². The Bertz CT molecular complexity index is 699. The van der Waals surface area contributed by atoms with Gasteiger partial charge in [0.05, 0.1) is 7.11 Å². The quantitative estimate of drug-likeness (QED) is 0.919. The van der Waals surface area contributed by atoms with E-state index in [0.717, 1.165) is 30.8 Å². The van der Waals surface area contributed by atoms with Gasteiger partial charge in [-0.1, -0.05) is 6.07 Å². The average molecular weight is 317 g/mol. The van der Waals surface area contributed by atoms with E-state index in [4.69, 9.17) is 4.74 Å². The Morgan fingerprint density at radius 3 is 3.17 bits per heavy atom. The van der Waals surface area contributed by atoms with Gasteiger partial charge < -0.3 is 14.6 Å². The minimum atomic E-state index is -0.398. The fourth-order valence-electron chi connectivity index (χ4n) is 2.91. The summed E-state index contributed by atoms with van der Waals surface area (Å²) in [6.45, 7) is 0.762. The maximum atomic E-state index is 13.6. The van der Waals surface area contributed by atoms with E-state index in [9.17, 15) is 9.18 Å². The van der Waals surface area contributed by atoms with Crippen molar-refractivity contribution in [3.63, 3.8) is 0 Å². The Labute approximate surface area is 134 Å². The number of benzene rings is 1. The molecule has 0 saturated heterocycles. The first-order chi connectivity index (χ1) is 11.2. The second kappa shape index (κ2) is 6.81. The van der Waals surface area contributed by atoms with E-state index in [1.54, 1.807) is 18.3 Å². The zero-order chi connectivity index (χ0) is 16.2. The van der Waals surface area contributed by atoms with Gasteiger partial charge in [-0.2, -0.15) is 0 Å². The molecule has 3 rings (SSSR count). The number of fused-ring (bicyclic) bond motifs is 1. The lowest BCUT2D eigenvalue weighted by Gasteiger charge is -2.24. The Morgan fingerprint density at radius 1 is 1.52 bits per heavy atom. The van der Waals surface area contributed by atoms with Gasteiger partial charge in [-0.3, -0.25) is 4.79 Å². The number of imidazole rings is 1. The molecule has 1 aliphatic heterocycles. The van der Waals surface area contributed by atoms with E-state index in [0.29, 0.717) is 12.8 Å². The Balaban J connectivity index is 1.49. The summed E-state index contributed by atoms with van der Waals surface area (Å²) in [6.07, 6.45) is 6.36. The number of aryl methyl sites for hydroxylation is 2. The monoisotopic (exact) mass is 317 g/mol. The third-order valence-corrected chi connectivity index (χ3v) is 4.16. The zero-order valence-corrected chi connectivity index (χ0v) is 13.1. The first-order valence-electron chi connectivity index (χ1n) is 7.77. The third kappa shape index (κ3) is 3.70. The molecule has 1 aromatic heterocycles. The van der Waals surface area contributed by atoms with Gasteiger partial charge in [0.15, 0.2) is 11.6 Å². The van der Waals surface area contributed by atoms with Crippen molar-refractivity contribution in [1.29, 1.82) is 0 Å². The van der Waals surface area contributed by atoms with Crippen LogP contribution in [0.1, 0.15) is 24.2 Å². The summed E-state index contributed by atoms with van der Waals surface area (Å²) in [7, 11) is 1.43. The molecule has 1 aromatic carbocycles. The standard InChI is InChI=1S/C17H20FN3O2/c1-23-15-5-2-12(10-14(15)18)3-7-17(22)20-13-4-6-16-19-8-9-21(16)11-13/h2,5,8-10,13H,3-4,6-7,11H2,1H3,(H,20,22). The van der Waals surface area contributed by atoms with Crippen LogP contribution in [0.15, 0.2) is 30.6 Å². The number of carbonyl (C=O) groups is 1. The Morgan fingerprint density at radius 2 is 2.39 bits per heavy atom. The van der Waals surface area contributed by atoms with E-state index in [1.807, 2.05) is 6.20 Å². The lowest BCUT2D eigenvalue weighted by Crippen LogP contribution is -2.40. The van der Waals surface area contributed by atoms with Crippen LogP contribution in [0.3, 0.4) is 0 Å². The van der Waals surface area contributed by atoms with Gasteiger partial charge in [0.2, 0.25) is 5.91 Å². The van der Waals surface area contributed by atoms with Gasteiger partial charge in [-0.25, -0.2) is 9.37 Å². The molecule has 0 bridgehead atoms. The molecule has 2 aromatic rings. The number of amides is 1. The zero-order valence-electron chi connectivity index (χ0n) is 13.1. The predicted molar refractivity (Wildman–Crippen MR) is 83.8 cm³/mol. The number of methoxy groups -OCH3 is 1. The summed E-state index contributed by atoms with van der Waals surface area (Å²) < 4.78 is 20.6. The van der Waals surface area contributed by atoms with E-state index in [-0.39, 0.29) is 17.7 Å². The predicted octanol–water partition coefficient (Wildman–Crippen LogP) is 2.09. The highest BCUT2D eigenvalue weighted by atomic mass is 19.1. The number of carbonyl (C=O) groups excluding carboxylic acids is 1. The number of nitrogens with one attached hydrogen (secondary N) is 1. The first-order valence-corrected chi connectivity index (χ1v) is 7.77. The highest BCUT2D eigenvalue weighted by molar-refractivity contribution is 5.76. The molecule has 1 N–H and O–H groups in total. The molecule has 0 spiro atoms. The van der Waals surface area contributed by atoms with E-state index in [1.165, 1.54) is 13.2 Å². The summed E-state index contributed by atoms with van der Waals surface area (Å²) in [5, 5.41) is 3.05. The van der Waals surface area contributed by atoms with Gasteiger partial charge in [0, 0.05) is 37.8 Å². The number of hydrogen-bond acceptors (Lipinski definition) is 3. The highest BCUT2D eigenvalue weighted by Gasteiger charge is 2.20. The molecule has 0 fully saturated rings. The van der Waals surface area contributed by atoms with Gasteiger partial charge >= 0.3 is 0 Å². The number of halogens is 1. The van der Waals surface area contributed by atoms with Crippen molar-refractivity contribution in [2.45, 2.75) is 38.3 Å². The van der Waals surface area contributed by atoms with Gasteiger partial charge in [-0.15, -0.1) is 0 Å². The van der Waals surface area contributed by atoms with E-state index in [2.05, 4.69) is 14.9 Å². The molecule has 5 nitrogen and oxygen atoms in total. The fourth-order valence-corrected chi connectivity index (χ4v) is 2.91. The second-order valence-electron chi connectivity index (χ2n) is 5.77. The number of nitrogens with zero attached hydrogens (tertiary/aromatic N) is 2.